The molecular formula is C11H19N3O3. The van der Waals surface area contributed by atoms with Crippen molar-refractivity contribution in [2.24, 2.45) is 0 Å². The van der Waals surface area contributed by atoms with Gasteiger partial charge in [0.05, 0.1) is 13.0 Å². The van der Waals surface area contributed by atoms with Crippen LogP contribution in [0.15, 0.2) is 4.52 Å². The quantitative estimate of drug-likeness (QED) is 0.836. The van der Waals surface area contributed by atoms with Crippen molar-refractivity contribution in [3.05, 3.63) is 11.7 Å². The Morgan fingerprint density at radius 2 is 2.12 bits per heavy atom. The lowest BCUT2D eigenvalue weighted by Gasteiger charge is -2.12. The third-order valence-corrected chi connectivity index (χ3v) is 2.23. The van der Waals surface area contributed by atoms with Crippen molar-refractivity contribution in [3.63, 3.8) is 0 Å². The largest absolute Gasteiger partial charge is 0.481 e. The molecule has 0 radical (unpaired) electrons. The molecule has 0 bridgehead atoms. The van der Waals surface area contributed by atoms with Crippen LogP contribution in [-0.2, 0) is 16.8 Å². The molecule has 0 saturated heterocycles. The van der Waals surface area contributed by atoms with Crippen molar-refractivity contribution in [1.82, 2.24) is 15.0 Å². The summed E-state index contributed by atoms with van der Waals surface area (Å²) < 4.78 is 5.15. The second-order valence-electron chi connectivity index (χ2n) is 5.15. The summed E-state index contributed by atoms with van der Waals surface area (Å²) in [6.07, 6.45) is 0.112. The summed E-state index contributed by atoms with van der Waals surface area (Å²) in [6.45, 7) is 6.96. The molecule has 0 spiro atoms. The van der Waals surface area contributed by atoms with Crippen molar-refractivity contribution >= 4 is 5.97 Å². The third-order valence-electron chi connectivity index (χ3n) is 2.23. The molecule has 0 aliphatic heterocycles. The fourth-order valence-corrected chi connectivity index (χ4v) is 1.23. The molecule has 0 unspecified atom stereocenters. The van der Waals surface area contributed by atoms with Gasteiger partial charge in [-0.15, -0.1) is 0 Å². The number of aromatic nitrogens is 2. The zero-order chi connectivity index (χ0) is 13.1. The van der Waals surface area contributed by atoms with Gasteiger partial charge in [-0.25, -0.2) is 0 Å². The van der Waals surface area contributed by atoms with E-state index in [4.69, 9.17) is 9.63 Å². The average Bonchev–Trinajstić information content (AvgIpc) is 2.62. The molecule has 0 atom stereocenters. The number of nitrogens with zero attached hydrogens (tertiary/aromatic N) is 3. The van der Waals surface area contributed by atoms with E-state index >= 15 is 0 Å². The monoisotopic (exact) mass is 241 g/mol. The highest BCUT2D eigenvalue weighted by Crippen LogP contribution is 2.19. The predicted octanol–water partition coefficient (Wildman–Crippen LogP) is 1.27. The van der Waals surface area contributed by atoms with Crippen LogP contribution in [0, 0.1) is 0 Å². The fourth-order valence-electron chi connectivity index (χ4n) is 1.23. The Hall–Kier alpha value is -1.43. The minimum atomic E-state index is -0.805. The third kappa shape index (κ3) is 4.52. The molecule has 1 aromatic rings. The van der Waals surface area contributed by atoms with Crippen molar-refractivity contribution in [3.8, 4) is 0 Å². The number of carboxylic acid groups (broad SMARTS) is 1. The lowest BCUT2D eigenvalue weighted by atomic mass is 9.97. The molecule has 6 nitrogen and oxygen atoms in total. The van der Waals surface area contributed by atoms with Crippen LogP contribution in [0.3, 0.4) is 0 Å². The standard InChI is InChI=1S/C11H19N3O3/c1-11(2,3)10-12-8(13-17-10)7-14(4)6-5-9(15)16/h5-7H2,1-4H3,(H,15,16). The summed E-state index contributed by atoms with van der Waals surface area (Å²) in [7, 11) is 1.83. The molecule has 1 N–H and O–H groups in total. The Bertz CT molecular complexity index is 382. The lowest BCUT2D eigenvalue weighted by Crippen LogP contribution is -2.22. The van der Waals surface area contributed by atoms with Gasteiger partial charge in [0, 0.05) is 12.0 Å². The van der Waals surface area contributed by atoms with E-state index in [-0.39, 0.29) is 11.8 Å². The molecule has 1 rings (SSSR count). The highest BCUT2D eigenvalue weighted by atomic mass is 16.5. The van der Waals surface area contributed by atoms with Gasteiger partial charge in [0.1, 0.15) is 0 Å². The van der Waals surface area contributed by atoms with Crippen LogP contribution in [-0.4, -0.2) is 39.7 Å². The van der Waals surface area contributed by atoms with Crippen molar-refractivity contribution in [2.75, 3.05) is 13.6 Å². The summed E-state index contributed by atoms with van der Waals surface area (Å²) in [5.74, 6) is 0.377. The number of hydrogen-bond donors (Lipinski definition) is 1. The Labute approximate surface area is 101 Å². The zero-order valence-corrected chi connectivity index (χ0v) is 10.7. The molecule has 0 aliphatic rings. The van der Waals surface area contributed by atoms with E-state index in [1.165, 1.54) is 0 Å². The van der Waals surface area contributed by atoms with Crippen molar-refractivity contribution in [2.45, 2.75) is 39.2 Å². The molecule has 0 aliphatic carbocycles. The van der Waals surface area contributed by atoms with Gasteiger partial charge in [0.15, 0.2) is 5.82 Å². The number of rotatable bonds is 5. The summed E-state index contributed by atoms with van der Waals surface area (Å²) in [5, 5.41) is 12.4. The van der Waals surface area contributed by atoms with Crippen molar-refractivity contribution < 1.29 is 14.4 Å². The van der Waals surface area contributed by atoms with E-state index in [1.807, 2.05) is 32.7 Å². The van der Waals surface area contributed by atoms with E-state index in [2.05, 4.69) is 10.1 Å². The minimum Gasteiger partial charge on any atom is -0.481 e. The summed E-state index contributed by atoms with van der Waals surface area (Å²) >= 11 is 0. The lowest BCUT2D eigenvalue weighted by molar-refractivity contribution is -0.137. The first kappa shape index (κ1) is 13.6. The SMILES string of the molecule is CN(CCC(=O)O)Cc1noc(C(C)(C)C)n1. The van der Waals surface area contributed by atoms with Gasteiger partial charge < -0.3 is 9.63 Å². The van der Waals surface area contributed by atoms with Crippen LogP contribution >= 0.6 is 0 Å². The van der Waals surface area contributed by atoms with Gasteiger partial charge in [-0.2, -0.15) is 4.98 Å². The maximum absolute atomic E-state index is 10.4. The molecule has 0 fully saturated rings. The molecule has 96 valence electrons. The maximum Gasteiger partial charge on any atom is 0.304 e. The first-order valence-corrected chi connectivity index (χ1v) is 5.52. The summed E-state index contributed by atoms with van der Waals surface area (Å²) in [6, 6.07) is 0. The van der Waals surface area contributed by atoms with Crippen LogP contribution in [0.4, 0.5) is 0 Å². The molecule has 0 saturated carbocycles. The van der Waals surface area contributed by atoms with E-state index < -0.39 is 5.97 Å². The van der Waals surface area contributed by atoms with Crippen LogP contribution < -0.4 is 0 Å². The van der Waals surface area contributed by atoms with E-state index in [0.717, 1.165) is 0 Å². The molecule has 0 amide bonds. The molecule has 1 heterocycles. The van der Waals surface area contributed by atoms with Gasteiger partial charge in [-0.3, -0.25) is 9.69 Å². The minimum absolute atomic E-state index is 0.112. The predicted molar refractivity (Wildman–Crippen MR) is 61.6 cm³/mol. The van der Waals surface area contributed by atoms with E-state index in [1.54, 1.807) is 0 Å². The fraction of sp³-hybridized carbons (Fsp3) is 0.727. The number of carbonyl (C=O) groups is 1. The van der Waals surface area contributed by atoms with Crippen LogP contribution in [0.5, 0.6) is 0 Å². The van der Waals surface area contributed by atoms with Crippen molar-refractivity contribution in [1.29, 1.82) is 0 Å². The number of aliphatic carboxylic acids is 1. The Kier molecular flexibility index (Phi) is 4.22. The molecule has 17 heavy (non-hydrogen) atoms. The van der Waals surface area contributed by atoms with Crippen LogP contribution in [0.1, 0.15) is 38.9 Å². The molecule has 6 heteroatoms. The van der Waals surface area contributed by atoms with Gasteiger partial charge in [-0.1, -0.05) is 25.9 Å². The van der Waals surface area contributed by atoms with E-state index in [9.17, 15) is 4.79 Å². The topological polar surface area (TPSA) is 79.5 Å². The highest BCUT2D eigenvalue weighted by Gasteiger charge is 2.21. The number of hydrogen-bond acceptors (Lipinski definition) is 5. The highest BCUT2D eigenvalue weighted by molar-refractivity contribution is 5.66. The molecular weight excluding hydrogens is 222 g/mol. The van der Waals surface area contributed by atoms with Gasteiger partial charge in [-0.05, 0) is 7.05 Å². The first-order chi connectivity index (χ1) is 7.79. The second-order valence-corrected chi connectivity index (χ2v) is 5.15. The summed E-state index contributed by atoms with van der Waals surface area (Å²) in [5.41, 5.74) is -0.162. The Balaban J connectivity index is 2.52. The molecule has 1 aromatic heterocycles. The normalized spacial score (nSPS) is 12.1. The molecule has 0 aromatic carbocycles. The van der Waals surface area contributed by atoms with E-state index in [0.29, 0.717) is 24.8 Å². The van der Waals surface area contributed by atoms with Crippen LogP contribution in [0.2, 0.25) is 0 Å². The maximum atomic E-state index is 10.4. The second kappa shape index (κ2) is 5.27. The van der Waals surface area contributed by atoms with Crippen LogP contribution in [0.25, 0.3) is 0 Å². The number of carboxylic acids is 1. The van der Waals surface area contributed by atoms with Gasteiger partial charge >= 0.3 is 5.97 Å². The Morgan fingerprint density at radius 3 is 2.59 bits per heavy atom. The Morgan fingerprint density at radius 1 is 1.47 bits per heavy atom. The first-order valence-electron chi connectivity index (χ1n) is 5.52. The average molecular weight is 241 g/mol. The summed E-state index contributed by atoms with van der Waals surface area (Å²) in [4.78, 5) is 16.5. The van der Waals surface area contributed by atoms with Gasteiger partial charge in [0.25, 0.3) is 0 Å². The van der Waals surface area contributed by atoms with Gasteiger partial charge in [0.2, 0.25) is 5.89 Å². The zero-order valence-electron chi connectivity index (χ0n) is 10.7. The smallest absolute Gasteiger partial charge is 0.304 e.